The summed E-state index contributed by atoms with van der Waals surface area (Å²) in [5.41, 5.74) is 0. The first-order valence-corrected chi connectivity index (χ1v) is 7.38. The van der Waals surface area contributed by atoms with E-state index in [1.165, 1.54) is 12.1 Å². The number of hydrogen-bond donors (Lipinski definition) is 0. The van der Waals surface area contributed by atoms with Gasteiger partial charge in [-0.1, -0.05) is 23.7 Å². The van der Waals surface area contributed by atoms with Gasteiger partial charge in [-0.25, -0.2) is 8.42 Å². The fourth-order valence-electron chi connectivity index (χ4n) is 2.01. The van der Waals surface area contributed by atoms with Gasteiger partial charge in [-0.2, -0.15) is 5.26 Å². The molecule has 2 rings (SSSR count). The van der Waals surface area contributed by atoms with Crippen molar-refractivity contribution in [3.05, 3.63) is 29.3 Å². The average Bonchev–Trinajstić information content (AvgIpc) is 2.39. The fourth-order valence-corrected chi connectivity index (χ4v) is 4.28. The van der Waals surface area contributed by atoms with Gasteiger partial charge in [0, 0.05) is 26.1 Å². The summed E-state index contributed by atoms with van der Waals surface area (Å²) in [5.74, 6) is 0. The first-order chi connectivity index (χ1) is 8.53. The lowest BCUT2D eigenvalue weighted by atomic mass is 10.0. The Morgan fingerprint density at radius 3 is 2.44 bits per heavy atom. The molecule has 96 valence electrons. The van der Waals surface area contributed by atoms with Crippen LogP contribution in [0.1, 0.15) is 12.8 Å². The van der Waals surface area contributed by atoms with E-state index in [4.69, 9.17) is 16.3 Å². The third kappa shape index (κ3) is 2.01. The number of benzene rings is 1. The molecule has 1 aliphatic rings. The number of rotatable bonds is 2. The van der Waals surface area contributed by atoms with Crippen molar-refractivity contribution in [2.45, 2.75) is 22.5 Å². The van der Waals surface area contributed by atoms with Crippen molar-refractivity contribution in [2.24, 2.45) is 0 Å². The summed E-state index contributed by atoms with van der Waals surface area (Å²) < 4.78 is 28.9. The van der Waals surface area contributed by atoms with E-state index in [1.54, 1.807) is 12.1 Å². The number of nitriles is 1. The molecule has 1 saturated heterocycles. The lowest BCUT2D eigenvalue weighted by molar-refractivity contribution is 0.0863. The molecule has 0 aliphatic carbocycles. The predicted octanol–water partition coefficient (Wildman–Crippen LogP) is 2.19. The Morgan fingerprint density at radius 2 is 1.89 bits per heavy atom. The van der Waals surface area contributed by atoms with Crippen LogP contribution in [0.25, 0.3) is 0 Å². The summed E-state index contributed by atoms with van der Waals surface area (Å²) in [4.78, 5) is 0.0233. The molecule has 0 amide bonds. The highest BCUT2D eigenvalue weighted by Gasteiger charge is 2.47. The Labute approximate surface area is 111 Å². The second-order valence-corrected chi connectivity index (χ2v) is 6.79. The molecule has 18 heavy (non-hydrogen) atoms. The van der Waals surface area contributed by atoms with Gasteiger partial charge in [0.25, 0.3) is 0 Å². The average molecular weight is 286 g/mol. The molecule has 0 atom stereocenters. The quantitative estimate of drug-likeness (QED) is 0.835. The largest absolute Gasteiger partial charge is 0.381 e. The predicted molar refractivity (Wildman–Crippen MR) is 67.0 cm³/mol. The van der Waals surface area contributed by atoms with E-state index in [-0.39, 0.29) is 36.0 Å². The Morgan fingerprint density at radius 1 is 1.28 bits per heavy atom. The second-order valence-electron chi connectivity index (χ2n) is 4.15. The summed E-state index contributed by atoms with van der Waals surface area (Å²) in [5, 5.41) is 9.45. The summed E-state index contributed by atoms with van der Waals surface area (Å²) >= 11 is 5.93. The summed E-state index contributed by atoms with van der Waals surface area (Å²) in [6, 6.07) is 8.16. The molecular weight excluding hydrogens is 274 g/mol. The zero-order chi connectivity index (χ0) is 13.2. The maximum absolute atomic E-state index is 12.6. The van der Waals surface area contributed by atoms with Crippen LogP contribution in [0.3, 0.4) is 0 Å². The number of sulfone groups is 1. The van der Waals surface area contributed by atoms with Crippen LogP contribution in [0.2, 0.25) is 5.02 Å². The number of halogens is 1. The van der Waals surface area contributed by atoms with E-state index >= 15 is 0 Å². The van der Waals surface area contributed by atoms with Crippen molar-refractivity contribution in [3.63, 3.8) is 0 Å². The van der Waals surface area contributed by atoms with Gasteiger partial charge in [0.15, 0.2) is 14.6 Å². The Bertz CT molecular complexity index is 586. The van der Waals surface area contributed by atoms with E-state index in [0.29, 0.717) is 0 Å². The minimum Gasteiger partial charge on any atom is -0.381 e. The van der Waals surface area contributed by atoms with Crippen LogP contribution in [0, 0.1) is 11.3 Å². The van der Waals surface area contributed by atoms with Crippen LogP contribution in [0.15, 0.2) is 29.2 Å². The molecule has 4 nitrogen and oxygen atoms in total. The third-order valence-electron chi connectivity index (χ3n) is 3.14. The molecular formula is C12H12ClNO3S. The summed E-state index contributed by atoms with van der Waals surface area (Å²) in [6.07, 6.45) is 0.355. The van der Waals surface area contributed by atoms with Crippen LogP contribution in [-0.4, -0.2) is 26.4 Å². The van der Waals surface area contributed by atoms with Gasteiger partial charge in [0.1, 0.15) is 0 Å². The molecule has 1 aromatic rings. The van der Waals surface area contributed by atoms with Crippen molar-refractivity contribution in [2.75, 3.05) is 13.2 Å². The monoisotopic (exact) mass is 285 g/mol. The number of nitrogens with zero attached hydrogens (tertiary/aromatic N) is 1. The Hall–Kier alpha value is -1.09. The Kier molecular flexibility index (Phi) is 3.62. The molecule has 0 N–H and O–H groups in total. The van der Waals surface area contributed by atoms with Gasteiger partial charge >= 0.3 is 0 Å². The van der Waals surface area contributed by atoms with Crippen LogP contribution < -0.4 is 0 Å². The minimum absolute atomic E-state index is 0.0233. The van der Waals surface area contributed by atoms with Crippen molar-refractivity contribution >= 4 is 21.4 Å². The van der Waals surface area contributed by atoms with Gasteiger partial charge in [0.2, 0.25) is 0 Å². The molecule has 0 unspecified atom stereocenters. The van der Waals surface area contributed by atoms with Crippen LogP contribution in [0.4, 0.5) is 0 Å². The minimum atomic E-state index is -3.78. The molecule has 0 saturated carbocycles. The van der Waals surface area contributed by atoms with Crippen molar-refractivity contribution < 1.29 is 13.2 Å². The summed E-state index contributed by atoms with van der Waals surface area (Å²) in [6.45, 7) is 0.550. The maximum atomic E-state index is 12.6. The first-order valence-electron chi connectivity index (χ1n) is 5.52. The normalized spacial score (nSPS) is 19.1. The highest BCUT2D eigenvalue weighted by molar-refractivity contribution is 7.93. The van der Waals surface area contributed by atoms with Gasteiger partial charge in [-0.3, -0.25) is 0 Å². The molecule has 0 bridgehead atoms. The lowest BCUT2D eigenvalue weighted by Gasteiger charge is -2.30. The molecule has 1 aliphatic heterocycles. The SMILES string of the molecule is N#CC1(S(=O)(=O)c2ccccc2Cl)CCOCC1. The molecule has 6 heteroatoms. The third-order valence-corrected chi connectivity index (χ3v) is 6.05. The molecule has 0 aromatic heterocycles. The highest BCUT2D eigenvalue weighted by atomic mass is 35.5. The molecule has 1 fully saturated rings. The topological polar surface area (TPSA) is 67.2 Å². The Balaban J connectivity index is 2.55. The maximum Gasteiger partial charge on any atom is 0.199 e. The lowest BCUT2D eigenvalue weighted by Crippen LogP contribution is -2.42. The fraction of sp³-hybridized carbons (Fsp3) is 0.417. The zero-order valence-electron chi connectivity index (χ0n) is 9.60. The van der Waals surface area contributed by atoms with Gasteiger partial charge in [-0.05, 0) is 12.1 Å². The van der Waals surface area contributed by atoms with Crippen molar-refractivity contribution in [3.8, 4) is 6.07 Å². The first kappa shape index (κ1) is 13.3. The van der Waals surface area contributed by atoms with Gasteiger partial charge < -0.3 is 4.74 Å². The standard InChI is InChI=1S/C12H12ClNO3S/c13-10-3-1-2-4-11(10)18(15,16)12(9-14)5-7-17-8-6-12/h1-4H,5-8H2. The van der Waals surface area contributed by atoms with Crippen molar-refractivity contribution in [1.82, 2.24) is 0 Å². The molecule has 0 radical (unpaired) electrons. The van der Waals surface area contributed by atoms with Gasteiger partial charge in [-0.15, -0.1) is 0 Å². The van der Waals surface area contributed by atoms with Crippen LogP contribution >= 0.6 is 11.6 Å². The van der Waals surface area contributed by atoms with Gasteiger partial charge in [0.05, 0.1) is 16.0 Å². The number of ether oxygens (including phenoxy) is 1. The van der Waals surface area contributed by atoms with E-state index in [9.17, 15) is 13.7 Å². The van der Waals surface area contributed by atoms with E-state index < -0.39 is 14.6 Å². The summed E-state index contributed by atoms with van der Waals surface area (Å²) in [7, 11) is -3.78. The van der Waals surface area contributed by atoms with Crippen molar-refractivity contribution in [1.29, 1.82) is 5.26 Å². The van der Waals surface area contributed by atoms with E-state index in [2.05, 4.69) is 0 Å². The van der Waals surface area contributed by atoms with E-state index in [1.807, 2.05) is 6.07 Å². The highest BCUT2D eigenvalue weighted by Crippen LogP contribution is 2.36. The number of hydrogen-bond acceptors (Lipinski definition) is 4. The smallest absolute Gasteiger partial charge is 0.199 e. The van der Waals surface area contributed by atoms with E-state index in [0.717, 1.165) is 0 Å². The van der Waals surface area contributed by atoms with Crippen LogP contribution in [-0.2, 0) is 14.6 Å². The van der Waals surface area contributed by atoms with Crippen LogP contribution in [0.5, 0.6) is 0 Å². The zero-order valence-corrected chi connectivity index (χ0v) is 11.2. The molecule has 0 spiro atoms. The second kappa shape index (κ2) is 4.88. The molecule has 1 heterocycles. The molecule has 1 aromatic carbocycles.